The molecule has 18 heavy (non-hydrogen) atoms. The molecule has 0 unspecified atom stereocenters. The highest BCUT2D eigenvalue weighted by atomic mass is 16.5. The molecule has 1 aromatic heterocycles. The van der Waals surface area contributed by atoms with E-state index in [4.69, 9.17) is 10.5 Å². The van der Waals surface area contributed by atoms with Gasteiger partial charge in [-0.1, -0.05) is 6.07 Å². The van der Waals surface area contributed by atoms with E-state index in [1.54, 1.807) is 36.7 Å². The number of H-pyrrole nitrogens is 1. The summed E-state index contributed by atoms with van der Waals surface area (Å²) in [6.07, 6.45) is 3.33. The highest BCUT2D eigenvalue weighted by Gasteiger charge is 2.03. The van der Waals surface area contributed by atoms with Crippen LogP contribution in [0.5, 0.6) is 5.75 Å². The zero-order valence-corrected chi connectivity index (χ0v) is 9.72. The Bertz CT molecular complexity index is 511. The normalized spacial score (nSPS) is 10.0. The molecule has 0 spiro atoms. The molecule has 0 radical (unpaired) electrons. The van der Waals surface area contributed by atoms with Gasteiger partial charge in [0, 0.05) is 24.1 Å². The fourth-order valence-electron chi connectivity index (χ4n) is 1.38. The monoisotopic (exact) mass is 246 g/mol. The molecule has 0 aliphatic heterocycles. The second kappa shape index (κ2) is 5.72. The number of nitrogens with zero attached hydrogens (tertiary/aromatic N) is 1. The zero-order valence-electron chi connectivity index (χ0n) is 9.72. The van der Waals surface area contributed by atoms with E-state index in [9.17, 15) is 4.79 Å². The van der Waals surface area contributed by atoms with Crippen molar-refractivity contribution in [2.75, 3.05) is 12.3 Å². The molecule has 4 N–H and O–H groups in total. The first-order chi connectivity index (χ1) is 8.74. The lowest BCUT2D eigenvalue weighted by atomic mass is 10.3. The molecular formula is C12H14N4O2. The Kier molecular flexibility index (Phi) is 3.80. The van der Waals surface area contributed by atoms with Gasteiger partial charge in [0.05, 0.1) is 6.54 Å². The topological polar surface area (TPSA) is 93.0 Å². The van der Waals surface area contributed by atoms with Crippen LogP contribution in [0.15, 0.2) is 36.7 Å². The molecule has 1 heterocycles. The minimum Gasteiger partial charge on any atom is -0.484 e. The molecule has 0 aliphatic rings. The van der Waals surface area contributed by atoms with Crippen molar-refractivity contribution in [1.29, 1.82) is 0 Å². The molecule has 6 nitrogen and oxygen atoms in total. The molecule has 1 aromatic carbocycles. The summed E-state index contributed by atoms with van der Waals surface area (Å²) >= 11 is 0. The van der Waals surface area contributed by atoms with Gasteiger partial charge in [0.25, 0.3) is 5.91 Å². The standard InChI is InChI=1S/C12H14N4O2/c13-9-2-1-3-10(6-9)18-8-12(17)16-7-11-14-4-5-15-11/h1-6H,7-8,13H2,(H,14,15)(H,16,17). The van der Waals surface area contributed by atoms with Gasteiger partial charge in [0.15, 0.2) is 6.61 Å². The van der Waals surface area contributed by atoms with Gasteiger partial charge in [-0.05, 0) is 12.1 Å². The van der Waals surface area contributed by atoms with Crippen LogP contribution in [0.1, 0.15) is 5.82 Å². The van der Waals surface area contributed by atoms with Gasteiger partial charge in [-0.15, -0.1) is 0 Å². The van der Waals surface area contributed by atoms with Gasteiger partial charge < -0.3 is 20.8 Å². The van der Waals surface area contributed by atoms with Crippen LogP contribution in [0.3, 0.4) is 0 Å². The van der Waals surface area contributed by atoms with Crippen molar-refractivity contribution in [2.45, 2.75) is 6.54 Å². The maximum atomic E-state index is 11.5. The van der Waals surface area contributed by atoms with E-state index in [1.165, 1.54) is 0 Å². The molecule has 2 aromatic rings. The molecule has 0 saturated carbocycles. The molecule has 0 atom stereocenters. The highest BCUT2D eigenvalue weighted by molar-refractivity contribution is 5.77. The van der Waals surface area contributed by atoms with E-state index < -0.39 is 0 Å². The fraction of sp³-hybridized carbons (Fsp3) is 0.167. The molecule has 1 amide bonds. The summed E-state index contributed by atoms with van der Waals surface area (Å²) in [5.74, 6) is 1.06. The van der Waals surface area contributed by atoms with Crippen molar-refractivity contribution in [2.24, 2.45) is 0 Å². The number of imidazole rings is 1. The van der Waals surface area contributed by atoms with Crippen molar-refractivity contribution in [3.63, 3.8) is 0 Å². The summed E-state index contributed by atoms with van der Waals surface area (Å²) in [6.45, 7) is 0.302. The molecule has 94 valence electrons. The van der Waals surface area contributed by atoms with Crippen molar-refractivity contribution in [1.82, 2.24) is 15.3 Å². The van der Waals surface area contributed by atoms with Crippen molar-refractivity contribution < 1.29 is 9.53 Å². The van der Waals surface area contributed by atoms with E-state index in [-0.39, 0.29) is 12.5 Å². The Morgan fingerprint density at radius 2 is 2.39 bits per heavy atom. The number of benzene rings is 1. The highest BCUT2D eigenvalue weighted by Crippen LogP contribution is 2.13. The summed E-state index contributed by atoms with van der Waals surface area (Å²) in [7, 11) is 0. The van der Waals surface area contributed by atoms with Gasteiger partial charge in [0.2, 0.25) is 0 Å². The number of carbonyl (C=O) groups excluding carboxylic acids is 1. The average Bonchev–Trinajstić information content (AvgIpc) is 2.87. The minimum atomic E-state index is -0.214. The number of aromatic amines is 1. The molecule has 0 bridgehead atoms. The number of nitrogens with two attached hydrogens (primary N) is 1. The Hall–Kier alpha value is -2.50. The molecule has 6 heteroatoms. The fourth-order valence-corrected chi connectivity index (χ4v) is 1.38. The van der Waals surface area contributed by atoms with Crippen molar-refractivity contribution in [3.05, 3.63) is 42.5 Å². The molecule has 2 rings (SSSR count). The number of ether oxygens (including phenoxy) is 1. The van der Waals surface area contributed by atoms with Crippen molar-refractivity contribution >= 4 is 11.6 Å². The predicted molar refractivity (Wildman–Crippen MR) is 66.8 cm³/mol. The Balaban J connectivity index is 1.75. The Morgan fingerprint density at radius 3 is 3.11 bits per heavy atom. The molecule has 0 saturated heterocycles. The first kappa shape index (κ1) is 12.0. The molecular weight excluding hydrogens is 232 g/mol. The first-order valence-corrected chi connectivity index (χ1v) is 5.47. The Labute approximate surface area is 104 Å². The summed E-state index contributed by atoms with van der Waals surface area (Å²) in [5, 5.41) is 2.68. The summed E-state index contributed by atoms with van der Waals surface area (Å²) in [4.78, 5) is 18.4. The number of rotatable bonds is 5. The van der Waals surface area contributed by atoms with Crippen LogP contribution in [0, 0.1) is 0 Å². The number of amides is 1. The quantitative estimate of drug-likeness (QED) is 0.676. The summed E-state index contributed by atoms with van der Waals surface area (Å²) in [5.41, 5.74) is 6.20. The maximum absolute atomic E-state index is 11.5. The summed E-state index contributed by atoms with van der Waals surface area (Å²) < 4.78 is 5.30. The number of anilines is 1. The van der Waals surface area contributed by atoms with Crippen LogP contribution in [-0.4, -0.2) is 22.5 Å². The van der Waals surface area contributed by atoms with E-state index in [2.05, 4.69) is 15.3 Å². The lowest BCUT2D eigenvalue weighted by Gasteiger charge is -2.06. The third kappa shape index (κ3) is 3.51. The lowest BCUT2D eigenvalue weighted by Crippen LogP contribution is -2.28. The SMILES string of the molecule is Nc1cccc(OCC(=O)NCc2ncc[nH]2)c1. The van der Waals surface area contributed by atoms with Crippen LogP contribution in [0.2, 0.25) is 0 Å². The average molecular weight is 246 g/mol. The number of hydrogen-bond donors (Lipinski definition) is 3. The summed E-state index contributed by atoms with van der Waals surface area (Å²) in [6, 6.07) is 6.94. The molecule has 0 aliphatic carbocycles. The lowest BCUT2D eigenvalue weighted by molar-refractivity contribution is -0.123. The van der Waals surface area contributed by atoms with Gasteiger partial charge in [-0.2, -0.15) is 0 Å². The maximum Gasteiger partial charge on any atom is 0.258 e. The van der Waals surface area contributed by atoms with Gasteiger partial charge in [-0.25, -0.2) is 4.98 Å². The first-order valence-electron chi connectivity index (χ1n) is 5.47. The third-order valence-electron chi connectivity index (χ3n) is 2.24. The number of nitrogen functional groups attached to an aromatic ring is 1. The van der Waals surface area contributed by atoms with E-state index in [0.29, 0.717) is 23.8 Å². The number of aromatic nitrogens is 2. The smallest absolute Gasteiger partial charge is 0.258 e. The van der Waals surface area contributed by atoms with Gasteiger partial charge >= 0.3 is 0 Å². The van der Waals surface area contributed by atoms with Crippen LogP contribution in [-0.2, 0) is 11.3 Å². The van der Waals surface area contributed by atoms with Crippen LogP contribution in [0.25, 0.3) is 0 Å². The predicted octanol–water partition coefficient (Wildman–Crippen LogP) is 0.687. The largest absolute Gasteiger partial charge is 0.484 e. The van der Waals surface area contributed by atoms with E-state index >= 15 is 0 Å². The van der Waals surface area contributed by atoms with E-state index in [1.807, 2.05) is 0 Å². The second-order valence-electron chi connectivity index (χ2n) is 3.67. The van der Waals surface area contributed by atoms with Gasteiger partial charge in [0.1, 0.15) is 11.6 Å². The van der Waals surface area contributed by atoms with Crippen LogP contribution in [0.4, 0.5) is 5.69 Å². The number of nitrogens with one attached hydrogen (secondary N) is 2. The zero-order chi connectivity index (χ0) is 12.8. The van der Waals surface area contributed by atoms with E-state index in [0.717, 1.165) is 0 Å². The van der Waals surface area contributed by atoms with Gasteiger partial charge in [-0.3, -0.25) is 4.79 Å². The van der Waals surface area contributed by atoms with Crippen LogP contribution < -0.4 is 15.8 Å². The third-order valence-corrected chi connectivity index (χ3v) is 2.24. The number of carbonyl (C=O) groups is 1. The second-order valence-corrected chi connectivity index (χ2v) is 3.67. The molecule has 0 fully saturated rings. The van der Waals surface area contributed by atoms with Crippen LogP contribution >= 0.6 is 0 Å². The minimum absolute atomic E-state index is 0.0514. The Morgan fingerprint density at radius 1 is 1.50 bits per heavy atom. The van der Waals surface area contributed by atoms with Crippen molar-refractivity contribution in [3.8, 4) is 5.75 Å². The number of hydrogen-bond acceptors (Lipinski definition) is 4.